The topological polar surface area (TPSA) is 21.3 Å². The third-order valence-electron chi connectivity index (χ3n) is 2.68. The molecule has 1 aliphatic rings. The zero-order chi connectivity index (χ0) is 11.4. The van der Waals surface area contributed by atoms with Crippen LogP contribution in [0.5, 0.6) is 5.06 Å². The maximum absolute atomic E-state index is 5.25. The lowest BCUT2D eigenvalue weighted by Gasteiger charge is -2.17. The van der Waals surface area contributed by atoms with Gasteiger partial charge < -0.3 is 10.1 Å². The predicted molar refractivity (Wildman–Crippen MR) is 72.2 cm³/mol. The molecule has 0 spiro atoms. The van der Waals surface area contributed by atoms with Crippen molar-refractivity contribution in [3.63, 3.8) is 0 Å². The van der Waals surface area contributed by atoms with E-state index in [2.05, 4.69) is 39.5 Å². The Hall–Kier alpha value is -0.320. The van der Waals surface area contributed by atoms with Gasteiger partial charge in [-0.15, -0.1) is 11.3 Å². The third kappa shape index (κ3) is 3.09. The Labute approximate surface area is 109 Å². The smallest absolute Gasteiger partial charge is 0.188 e. The van der Waals surface area contributed by atoms with Crippen molar-refractivity contribution in [2.75, 3.05) is 7.11 Å². The summed E-state index contributed by atoms with van der Waals surface area (Å²) in [7, 11) is 1.71. The molecule has 4 heteroatoms. The number of thiophene rings is 1. The van der Waals surface area contributed by atoms with E-state index >= 15 is 0 Å². The van der Waals surface area contributed by atoms with Crippen LogP contribution in [0.25, 0.3) is 0 Å². The van der Waals surface area contributed by atoms with E-state index in [1.54, 1.807) is 18.4 Å². The quantitative estimate of drug-likeness (QED) is 0.856. The second kappa shape index (κ2) is 5.84. The molecule has 0 bridgehead atoms. The van der Waals surface area contributed by atoms with E-state index in [0.29, 0.717) is 6.04 Å². The number of allylic oxidation sites excluding steroid dienone is 1. The highest BCUT2D eigenvalue weighted by molar-refractivity contribution is 9.10. The zero-order valence-corrected chi connectivity index (χ0v) is 11.7. The lowest BCUT2D eigenvalue weighted by molar-refractivity contribution is 0.425. The maximum Gasteiger partial charge on any atom is 0.188 e. The van der Waals surface area contributed by atoms with Crippen molar-refractivity contribution in [2.24, 2.45) is 0 Å². The molecule has 2 nitrogen and oxygen atoms in total. The summed E-state index contributed by atoms with van der Waals surface area (Å²) in [5, 5.41) is 4.50. The second-order valence-corrected chi connectivity index (χ2v) is 5.85. The minimum Gasteiger partial charge on any atom is -0.486 e. The molecule has 1 aliphatic carbocycles. The molecule has 1 N–H and O–H groups in total. The van der Waals surface area contributed by atoms with E-state index < -0.39 is 0 Å². The van der Waals surface area contributed by atoms with Crippen LogP contribution in [0.3, 0.4) is 0 Å². The number of methoxy groups -OCH3 is 1. The molecule has 0 saturated heterocycles. The molecule has 16 heavy (non-hydrogen) atoms. The summed E-state index contributed by atoms with van der Waals surface area (Å²) < 4.78 is 6.30. The average Bonchev–Trinajstić information content (AvgIpc) is 2.69. The van der Waals surface area contributed by atoms with Crippen molar-refractivity contribution in [1.82, 2.24) is 5.32 Å². The summed E-state index contributed by atoms with van der Waals surface area (Å²) in [6.45, 7) is 0.918. The fraction of sp³-hybridized carbons (Fsp3) is 0.500. The molecule has 1 aromatic heterocycles. The molecule has 1 atom stereocenters. The van der Waals surface area contributed by atoms with Crippen molar-refractivity contribution < 1.29 is 4.74 Å². The summed E-state index contributed by atoms with van der Waals surface area (Å²) >= 11 is 5.18. The van der Waals surface area contributed by atoms with Crippen LogP contribution in [0.15, 0.2) is 22.7 Å². The Bertz CT molecular complexity index is 375. The molecule has 88 valence electrons. The van der Waals surface area contributed by atoms with Crippen molar-refractivity contribution in [3.05, 3.63) is 27.6 Å². The highest BCUT2D eigenvalue weighted by Gasteiger charge is 2.10. The summed E-state index contributed by atoms with van der Waals surface area (Å²) in [5.41, 5.74) is 0. The van der Waals surface area contributed by atoms with Gasteiger partial charge in [0.1, 0.15) is 0 Å². The van der Waals surface area contributed by atoms with Crippen LogP contribution >= 0.6 is 27.3 Å². The fourth-order valence-corrected chi connectivity index (χ4v) is 3.48. The van der Waals surface area contributed by atoms with Gasteiger partial charge in [-0.25, -0.2) is 0 Å². The second-order valence-electron chi connectivity index (χ2n) is 3.90. The van der Waals surface area contributed by atoms with Crippen molar-refractivity contribution in [1.29, 1.82) is 0 Å². The van der Waals surface area contributed by atoms with Crippen molar-refractivity contribution >= 4 is 27.3 Å². The molecule has 2 rings (SSSR count). The third-order valence-corrected chi connectivity index (χ3v) is 4.63. The van der Waals surface area contributed by atoms with Crippen molar-refractivity contribution in [3.8, 4) is 5.06 Å². The van der Waals surface area contributed by atoms with Crippen molar-refractivity contribution in [2.45, 2.75) is 31.8 Å². The molecule has 0 aromatic carbocycles. The molecule has 0 radical (unpaired) electrons. The van der Waals surface area contributed by atoms with Gasteiger partial charge in [-0.2, -0.15) is 0 Å². The fourth-order valence-electron chi connectivity index (χ4n) is 1.84. The number of rotatable bonds is 4. The van der Waals surface area contributed by atoms with E-state index in [4.69, 9.17) is 4.74 Å². The van der Waals surface area contributed by atoms with Gasteiger partial charge in [-0.05, 0) is 41.3 Å². The minimum absolute atomic E-state index is 0.542. The first-order chi connectivity index (χ1) is 7.79. The molecule has 0 fully saturated rings. The molecule has 0 aliphatic heterocycles. The van der Waals surface area contributed by atoms with Gasteiger partial charge >= 0.3 is 0 Å². The van der Waals surface area contributed by atoms with Gasteiger partial charge in [0, 0.05) is 17.5 Å². The van der Waals surface area contributed by atoms with Gasteiger partial charge in [0.15, 0.2) is 5.06 Å². The normalized spacial score (nSPS) is 20.0. The summed E-state index contributed by atoms with van der Waals surface area (Å²) in [6, 6.07) is 2.67. The number of ether oxygens (including phenoxy) is 1. The average molecular weight is 302 g/mol. The Kier molecular flexibility index (Phi) is 4.44. The molecule has 1 unspecified atom stereocenters. The Morgan fingerprint density at radius 2 is 2.50 bits per heavy atom. The number of nitrogens with one attached hydrogen (secondary N) is 1. The highest BCUT2D eigenvalue weighted by Crippen LogP contribution is 2.34. The van der Waals surface area contributed by atoms with E-state index in [0.717, 1.165) is 16.1 Å². The largest absolute Gasteiger partial charge is 0.486 e. The maximum atomic E-state index is 5.25. The van der Waals surface area contributed by atoms with Crippen LogP contribution in [0.1, 0.15) is 24.1 Å². The van der Waals surface area contributed by atoms with E-state index in [1.165, 1.54) is 24.1 Å². The number of halogens is 1. The Morgan fingerprint density at radius 3 is 3.12 bits per heavy atom. The zero-order valence-electron chi connectivity index (χ0n) is 9.33. The molecule has 0 amide bonds. The molecular weight excluding hydrogens is 286 g/mol. The molecular formula is C12H16BrNOS. The highest BCUT2D eigenvalue weighted by atomic mass is 79.9. The summed E-state index contributed by atoms with van der Waals surface area (Å²) in [4.78, 5) is 1.31. The minimum atomic E-state index is 0.542. The van der Waals surface area contributed by atoms with Gasteiger partial charge in [0.2, 0.25) is 0 Å². The standard InChI is InChI=1S/C12H16BrNOS/c1-15-12-11(13)7-10(16-12)8-14-9-5-3-2-4-6-9/h3,5,7,9,14H,2,4,6,8H2,1H3. The molecule has 1 aromatic rings. The molecule has 1 heterocycles. The van der Waals surface area contributed by atoms with Crippen LogP contribution in [-0.4, -0.2) is 13.2 Å². The van der Waals surface area contributed by atoms with E-state index in [-0.39, 0.29) is 0 Å². The van der Waals surface area contributed by atoms with Gasteiger partial charge in [-0.1, -0.05) is 12.2 Å². The van der Waals surface area contributed by atoms with E-state index in [9.17, 15) is 0 Å². The first-order valence-electron chi connectivity index (χ1n) is 5.52. The number of hydrogen-bond donors (Lipinski definition) is 1. The van der Waals surface area contributed by atoms with Crippen LogP contribution in [0.2, 0.25) is 0 Å². The summed E-state index contributed by atoms with van der Waals surface area (Å²) in [5.74, 6) is 0. The monoisotopic (exact) mass is 301 g/mol. The van der Waals surface area contributed by atoms with Gasteiger partial charge in [-0.3, -0.25) is 0 Å². The van der Waals surface area contributed by atoms with Gasteiger partial charge in [0.05, 0.1) is 11.6 Å². The lowest BCUT2D eigenvalue weighted by Crippen LogP contribution is -2.27. The predicted octanol–water partition coefficient (Wildman–Crippen LogP) is 3.72. The first kappa shape index (κ1) is 12.1. The molecule has 0 saturated carbocycles. The summed E-state index contributed by atoms with van der Waals surface area (Å²) in [6.07, 6.45) is 8.33. The lowest BCUT2D eigenvalue weighted by atomic mass is 10.0. The SMILES string of the molecule is COc1sc(CNC2C=CCCC2)cc1Br. The van der Waals surface area contributed by atoms with Crippen LogP contribution < -0.4 is 10.1 Å². The Balaban J connectivity index is 1.88. The number of hydrogen-bond acceptors (Lipinski definition) is 3. The van der Waals surface area contributed by atoms with E-state index in [1.807, 2.05) is 0 Å². The van der Waals surface area contributed by atoms with Gasteiger partial charge in [0.25, 0.3) is 0 Å². The van der Waals surface area contributed by atoms with Crippen LogP contribution in [0.4, 0.5) is 0 Å². The Morgan fingerprint density at radius 1 is 1.62 bits per heavy atom. The van der Waals surface area contributed by atoms with Crippen LogP contribution in [-0.2, 0) is 6.54 Å². The van der Waals surface area contributed by atoms with Crippen LogP contribution in [0, 0.1) is 0 Å². The first-order valence-corrected chi connectivity index (χ1v) is 7.13.